The van der Waals surface area contributed by atoms with Gasteiger partial charge in [-0.2, -0.15) is 5.10 Å². The van der Waals surface area contributed by atoms with Gasteiger partial charge in [0, 0.05) is 28.1 Å². The molecule has 1 unspecified atom stereocenters. The minimum Gasteiger partial charge on any atom is -0.463 e. The standard InChI is InChI=1S/C33H32Cl2N2O3/c1-3-27(28-15-14-26(34)20-29(28)35)33(23-11-8-22(9-12-23)10-17-32(38)39-4-2)24-13-16-30-25(19-24)21-36-37(30)31-7-5-6-18-40-31/h8-17,19-21,31H,3-7,18H2,1-2H3. The van der Waals surface area contributed by atoms with E-state index in [1.54, 1.807) is 19.1 Å². The van der Waals surface area contributed by atoms with E-state index in [2.05, 4.69) is 37.3 Å². The van der Waals surface area contributed by atoms with Crippen molar-refractivity contribution in [1.29, 1.82) is 0 Å². The van der Waals surface area contributed by atoms with Crippen molar-refractivity contribution >= 4 is 57.3 Å². The summed E-state index contributed by atoms with van der Waals surface area (Å²) in [7, 11) is 0. The summed E-state index contributed by atoms with van der Waals surface area (Å²) in [6.45, 7) is 5.04. The van der Waals surface area contributed by atoms with Gasteiger partial charge >= 0.3 is 5.97 Å². The molecule has 5 rings (SSSR count). The number of nitrogens with zero attached hydrogens (tertiary/aromatic N) is 2. The van der Waals surface area contributed by atoms with Crippen LogP contribution in [0.4, 0.5) is 0 Å². The van der Waals surface area contributed by atoms with E-state index in [1.807, 2.05) is 35.1 Å². The number of rotatable bonds is 8. The Balaban J connectivity index is 1.61. The number of carbonyl (C=O) groups excluding carboxylic acids is 1. The van der Waals surface area contributed by atoms with Gasteiger partial charge in [0.1, 0.15) is 0 Å². The number of benzene rings is 3. The molecule has 0 spiro atoms. The van der Waals surface area contributed by atoms with E-state index in [-0.39, 0.29) is 12.2 Å². The Morgan fingerprint density at radius 2 is 1.85 bits per heavy atom. The third kappa shape index (κ3) is 6.17. The van der Waals surface area contributed by atoms with Crippen LogP contribution in [-0.2, 0) is 14.3 Å². The molecule has 1 aliphatic heterocycles. The number of halogens is 2. The smallest absolute Gasteiger partial charge is 0.330 e. The Morgan fingerprint density at radius 3 is 2.55 bits per heavy atom. The maximum atomic E-state index is 11.8. The lowest BCUT2D eigenvalue weighted by Crippen LogP contribution is -2.18. The molecule has 0 saturated carbocycles. The Hall–Kier alpha value is -3.38. The van der Waals surface area contributed by atoms with Crippen LogP contribution in [0, 0.1) is 0 Å². The van der Waals surface area contributed by atoms with Crippen molar-refractivity contribution in [2.45, 2.75) is 45.8 Å². The van der Waals surface area contributed by atoms with Crippen molar-refractivity contribution in [3.05, 3.63) is 105 Å². The fourth-order valence-electron chi connectivity index (χ4n) is 5.22. The molecule has 1 saturated heterocycles. The van der Waals surface area contributed by atoms with Gasteiger partial charge in [-0.1, -0.05) is 66.5 Å². The summed E-state index contributed by atoms with van der Waals surface area (Å²) in [6, 6.07) is 20.2. The highest BCUT2D eigenvalue weighted by Crippen LogP contribution is 2.39. The number of aromatic nitrogens is 2. The number of fused-ring (bicyclic) bond motifs is 1. The third-order valence-electron chi connectivity index (χ3n) is 7.12. The van der Waals surface area contributed by atoms with Gasteiger partial charge in [-0.15, -0.1) is 0 Å². The van der Waals surface area contributed by atoms with Crippen LogP contribution >= 0.6 is 23.2 Å². The third-order valence-corrected chi connectivity index (χ3v) is 7.67. The Morgan fingerprint density at radius 1 is 1.05 bits per heavy atom. The van der Waals surface area contributed by atoms with E-state index in [4.69, 9.17) is 37.8 Å². The lowest BCUT2D eigenvalue weighted by Gasteiger charge is -2.23. The maximum absolute atomic E-state index is 11.8. The van der Waals surface area contributed by atoms with E-state index in [1.165, 1.54) is 6.08 Å². The Bertz CT molecular complexity index is 1560. The quantitative estimate of drug-likeness (QED) is 0.120. The average molecular weight is 576 g/mol. The Kier molecular flexibility index (Phi) is 9.05. The predicted octanol–water partition coefficient (Wildman–Crippen LogP) is 8.99. The van der Waals surface area contributed by atoms with Gasteiger partial charge < -0.3 is 9.47 Å². The van der Waals surface area contributed by atoms with Crippen molar-refractivity contribution in [2.75, 3.05) is 13.2 Å². The molecular formula is C33H32Cl2N2O3. The van der Waals surface area contributed by atoms with Crippen LogP contribution in [-0.4, -0.2) is 29.0 Å². The van der Waals surface area contributed by atoms with E-state index in [0.29, 0.717) is 16.7 Å². The summed E-state index contributed by atoms with van der Waals surface area (Å²) in [6.07, 6.45) is 9.06. The monoisotopic (exact) mass is 574 g/mol. The van der Waals surface area contributed by atoms with Crippen molar-refractivity contribution in [2.24, 2.45) is 0 Å². The molecule has 0 amide bonds. The van der Waals surface area contributed by atoms with Gasteiger partial charge in [0.25, 0.3) is 0 Å². The van der Waals surface area contributed by atoms with Crippen LogP contribution in [0.25, 0.3) is 28.1 Å². The van der Waals surface area contributed by atoms with Crippen LogP contribution in [0.15, 0.2) is 72.9 Å². The molecule has 0 bridgehead atoms. The maximum Gasteiger partial charge on any atom is 0.330 e. The van der Waals surface area contributed by atoms with Gasteiger partial charge in [0.2, 0.25) is 0 Å². The van der Waals surface area contributed by atoms with Gasteiger partial charge in [-0.05, 0) is 96.3 Å². The number of esters is 1. The molecule has 2 heterocycles. The Labute approximate surface area is 245 Å². The van der Waals surface area contributed by atoms with E-state index >= 15 is 0 Å². The summed E-state index contributed by atoms with van der Waals surface area (Å²) in [4.78, 5) is 11.8. The van der Waals surface area contributed by atoms with Crippen LogP contribution in [0.1, 0.15) is 68.0 Å². The second kappa shape index (κ2) is 12.9. The van der Waals surface area contributed by atoms with Crippen LogP contribution in [0.3, 0.4) is 0 Å². The van der Waals surface area contributed by atoms with Crippen molar-refractivity contribution in [3.8, 4) is 0 Å². The molecule has 0 aliphatic carbocycles. The highest BCUT2D eigenvalue weighted by atomic mass is 35.5. The highest BCUT2D eigenvalue weighted by molar-refractivity contribution is 6.36. The predicted molar refractivity (Wildman–Crippen MR) is 163 cm³/mol. The molecule has 7 heteroatoms. The van der Waals surface area contributed by atoms with Crippen LogP contribution in [0.5, 0.6) is 0 Å². The molecule has 5 nitrogen and oxygen atoms in total. The summed E-state index contributed by atoms with van der Waals surface area (Å²) >= 11 is 13.0. The fraction of sp³-hybridized carbons (Fsp3) is 0.273. The summed E-state index contributed by atoms with van der Waals surface area (Å²) in [5.74, 6) is -0.356. The number of hydrogen-bond acceptors (Lipinski definition) is 4. The first kappa shape index (κ1) is 28.2. The van der Waals surface area contributed by atoms with Gasteiger partial charge in [0.15, 0.2) is 6.23 Å². The van der Waals surface area contributed by atoms with Gasteiger partial charge in [0.05, 0.1) is 18.3 Å². The van der Waals surface area contributed by atoms with Gasteiger partial charge in [-0.25, -0.2) is 9.48 Å². The number of ether oxygens (including phenoxy) is 2. The lowest BCUT2D eigenvalue weighted by atomic mass is 9.87. The van der Waals surface area contributed by atoms with Crippen LogP contribution in [0.2, 0.25) is 10.0 Å². The van der Waals surface area contributed by atoms with Crippen molar-refractivity contribution in [1.82, 2.24) is 9.78 Å². The molecule has 1 aromatic heterocycles. The zero-order valence-electron chi connectivity index (χ0n) is 22.7. The second-order valence-electron chi connectivity index (χ2n) is 9.72. The molecule has 206 valence electrons. The molecule has 0 N–H and O–H groups in total. The lowest BCUT2D eigenvalue weighted by molar-refractivity contribution is -0.137. The molecular weight excluding hydrogens is 543 g/mol. The van der Waals surface area contributed by atoms with E-state index in [9.17, 15) is 4.79 Å². The highest BCUT2D eigenvalue weighted by Gasteiger charge is 2.20. The number of allylic oxidation sites excluding steroid dienone is 1. The molecule has 0 radical (unpaired) electrons. The molecule has 4 aromatic rings. The summed E-state index contributed by atoms with van der Waals surface area (Å²) in [5, 5.41) is 6.95. The molecule has 40 heavy (non-hydrogen) atoms. The normalized spacial score (nSPS) is 16.4. The van der Waals surface area contributed by atoms with Crippen LogP contribution < -0.4 is 0 Å². The molecule has 1 fully saturated rings. The first-order chi connectivity index (χ1) is 19.5. The minimum atomic E-state index is -0.356. The summed E-state index contributed by atoms with van der Waals surface area (Å²) < 4.78 is 13.0. The minimum absolute atomic E-state index is 0.0265. The zero-order valence-corrected chi connectivity index (χ0v) is 24.2. The second-order valence-corrected chi connectivity index (χ2v) is 10.6. The number of carbonyl (C=O) groups is 1. The zero-order chi connectivity index (χ0) is 28.1. The van der Waals surface area contributed by atoms with Gasteiger partial charge in [-0.3, -0.25) is 0 Å². The van der Waals surface area contributed by atoms with E-state index in [0.717, 1.165) is 76.6 Å². The molecule has 1 aliphatic rings. The first-order valence-corrected chi connectivity index (χ1v) is 14.5. The van der Waals surface area contributed by atoms with E-state index < -0.39 is 0 Å². The number of hydrogen-bond donors (Lipinski definition) is 0. The summed E-state index contributed by atoms with van der Waals surface area (Å²) in [5.41, 5.74) is 7.20. The van der Waals surface area contributed by atoms with Crippen molar-refractivity contribution < 1.29 is 14.3 Å². The SMILES string of the molecule is CCOC(=O)C=Cc1ccc(C(=C(CC)c2ccc(Cl)cc2Cl)c2ccc3c(cnn3C3CCCCO3)c2)cc1. The topological polar surface area (TPSA) is 53.3 Å². The molecule has 1 atom stereocenters. The molecule has 3 aromatic carbocycles. The fourth-order valence-corrected chi connectivity index (χ4v) is 5.74. The first-order valence-electron chi connectivity index (χ1n) is 13.7. The average Bonchev–Trinajstić information content (AvgIpc) is 3.40. The largest absolute Gasteiger partial charge is 0.463 e. The van der Waals surface area contributed by atoms with Crippen molar-refractivity contribution in [3.63, 3.8) is 0 Å².